The number of halogens is 2. The molecule has 0 radical (unpaired) electrons. The lowest BCUT2D eigenvalue weighted by Crippen LogP contribution is -2.26. The van der Waals surface area contributed by atoms with Crippen molar-refractivity contribution in [2.24, 2.45) is 0 Å². The average molecular weight is 374 g/mol. The minimum absolute atomic E-state index is 0.253. The Kier molecular flexibility index (Phi) is 5.58. The number of amides is 1. The number of benzene rings is 2. The zero-order chi connectivity index (χ0) is 18.5. The van der Waals surface area contributed by atoms with E-state index in [1.54, 1.807) is 12.5 Å². The first-order valence-electron chi connectivity index (χ1n) is 7.89. The predicted molar refractivity (Wildman–Crippen MR) is 96.5 cm³/mol. The summed E-state index contributed by atoms with van der Waals surface area (Å²) in [6.45, 7) is 0.253. The Labute approximate surface area is 153 Å². The molecule has 0 aliphatic carbocycles. The standard InChI is InChI=1S/C19H16F2N2O2S/c1-25-17-5-3-2-4-15(17)19-23-16(11-26-19)18(24)22-7-6-12-8-13(20)10-14(21)9-12/h2-5,8-11H,6-7H2,1H3,(H,22,24). The molecule has 0 aliphatic rings. The molecule has 1 amide bonds. The lowest BCUT2D eigenvalue weighted by Gasteiger charge is -2.05. The molecule has 26 heavy (non-hydrogen) atoms. The number of carbonyl (C=O) groups excluding carboxylic acids is 1. The summed E-state index contributed by atoms with van der Waals surface area (Å²) in [7, 11) is 1.58. The van der Waals surface area contributed by atoms with Crippen LogP contribution in [0.15, 0.2) is 47.8 Å². The smallest absolute Gasteiger partial charge is 0.270 e. The molecule has 2 aromatic carbocycles. The van der Waals surface area contributed by atoms with Gasteiger partial charge in [-0.05, 0) is 36.2 Å². The summed E-state index contributed by atoms with van der Waals surface area (Å²) in [5.41, 5.74) is 1.59. The van der Waals surface area contributed by atoms with Crippen molar-refractivity contribution in [3.05, 3.63) is 70.7 Å². The van der Waals surface area contributed by atoms with E-state index in [0.717, 1.165) is 11.6 Å². The van der Waals surface area contributed by atoms with Crippen LogP contribution in [0.2, 0.25) is 0 Å². The van der Waals surface area contributed by atoms with E-state index in [9.17, 15) is 13.6 Å². The fraction of sp³-hybridized carbons (Fsp3) is 0.158. The summed E-state index contributed by atoms with van der Waals surface area (Å²) in [6.07, 6.45) is 0.323. The zero-order valence-corrected chi connectivity index (χ0v) is 14.8. The molecule has 4 nitrogen and oxygen atoms in total. The molecule has 0 fully saturated rings. The summed E-state index contributed by atoms with van der Waals surface area (Å²) in [5.74, 6) is -0.916. The van der Waals surface area contributed by atoms with E-state index in [-0.39, 0.29) is 12.5 Å². The first kappa shape index (κ1) is 18.0. The summed E-state index contributed by atoms with van der Waals surface area (Å²) < 4.78 is 31.6. The second-order valence-electron chi connectivity index (χ2n) is 5.52. The molecule has 0 unspecified atom stereocenters. The van der Waals surface area contributed by atoms with Crippen molar-refractivity contribution in [1.29, 1.82) is 0 Å². The highest BCUT2D eigenvalue weighted by Crippen LogP contribution is 2.31. The van der Waals surface area contributed by atoms with Crippen LogP contribution in [0, 0.1) is 11.6 Å². The van der Waals surface area contributed by atoms with E-state index < -0.39 is 11.6 Å². The van der Waals surface area contributed by atoms with Crippen molar-refractivity contribution in [1.82, 2.24) is 10.3 Å². The van der Waals surface area contributed by atoms with Gasteiger partial charge in [-0.1, -0.05) is 12.1 Å². The van der Waals surface area contributed by atoms with Gasteiger partial charge in [-0.3, -0.25) is 4.79 Å². The van der Waals surface area contributed by atoms with Gasteiger partial charge in [0.15, 0.2) is 0 Å². The molecule has 1 aromatic heterocycles. The minimum atomic E-state index is -0.632. The van der Waals surface area contributed by atoms with Gasteiger partial charge in [0.2, 0.25) is 0 Å². The molecule has 7 heteroatoms. The normalized spacial score (nSPS) is 10.6. The van der Waals surface area contributed by atoms with Gasteiger partial charge in [-0.15, -0.1) is 11.3 Å². The van der Waals surface area contributed by atoms with Crippen LogP contribution in [0.1, 0.15) is 16.1 Å². The van der Waals surface area contributed by atoms with E-state index in [2.05, 4.69) is 10.3 Å². The van der Waals surface area contributed by atoms with Crippen molar-refractivity contribution < 1.29 is 18.3 Å². The molecule has 0 spiro atoms. The zero-order valence-electron chi connectivity index (χ0n) is 14.0. The quantitative estimate of drug-likeness (QED) is 0.708. The summed E-state index contributed by atoms with van der Waals surface area (Å²) in [4.78, 5) is 16.6. The highest BCUT2D eigenvalue weighted by atomic mass is 32.1. The van der Waals surface area contributed by atoms with Crippen LogP contribution in [-0.4, -0.2) is 24.5 Å². The van der Waals surface area contributed by atoms with Crippen molar-refractivity contribution in [2.75, 3.05) is 13.7 Å². The van der Waals surface area contributed by atoms with Crippen LogP contribution >= 0.6 is 11.3 Å². The molecule has 1 N–H and O–H groups in total. The Hall–Kier alpha value is -2.80. The van der Waals surface area contributed by atoms with E-state index >= 15 is 0 Å². The predicted octanol–water partition coefficient (Wildman–Crippen LogP) is 4.07. The highest BCUT2D eigenvalue weighted by Gasteiger charge is 2.14. The summed E-state index contributed by atoms with van der Waals surface area (Å²) in [5, 5.41) is 5.05. The fourth-order valence-corrected chi connectivity index (χ4v) is 3.32. The number of aromatic nitrogens is 1. The number of hydrogen-bond donors (Lipinski definition) is 1. The maximum atomic E-state index is 13.2. The second-order valence-corrected chi connectivity index (χ2v) is 6.38. The van der Waals surface area contributed by atoms with Crippen molar-refractivity contribution in [3.63, 3.8) is 0 Å². The van der Waals surface area contributed by atoms with Crippen molar-refractivity contribution in [3.8, 4) is 16.3 Å². The third kappa shape index (κ3) is 4.23. The van der Waals surface area contributed by atoms with Gasteiger partial charge in [0.1, 0.15) is 28.1 Å². The van der Waals surface area contributed by atoms with E-state index in [4.69, 9.17) is 4.74 Å². The Balaban J connectivity index is 1.63. The lowest BCUT2D eigenvalue weighted by atomic mass is 10.1. The second kappa shape index (κ2) is 8.05. The number of thiazole rings is 1. The summed E-state index contributed by atoms with van der Waals surface area (Å²) >= 11 is 1.34. The maximum Gasteiger partial charge on any atom is 0.270 e. The largest absolute Gasteiger partial charge is 0.496 e. The number of carbonyl (C=O) groups is 1. The molecular formula is C19H16F2N2O2S. The molecule has 3 rings (SSSR count). The van der Waals surface area contributed by atoms with Gasteiger partial charge in [0, 0.05) is 18.0 Å². The van der Waals surface area contributed by atoms with Gasteiger partial charge < -0.3 is 10.1 Å². The first-order valence-corrected chi connectivity index (χ1v) is 8.77. The SMILES string of the molecule is COc1ccccc1-c1nc(C(=O)NCCc2cc(F)cc(F)c2)cs1. The third-order valence-electron chi connectivity index (χ3n) is 3.70. The highest BCUT2D eigenvalue weighted by molar-refractivity contribution is 7.13. The van der Waals surface area contributed by atoms with Crippen molar-refractivity contribution >= 4 is 17.2 Å². The molecule has 0 bridgehead atoms. The number of ether oxygens (including phenoxy) is 1. The number of nitrogens with zero attached hydrogens (tertiary/aromatic N) is 1. The number of methoxy groups -OCH3 is 1. The fourth-order valence-electron chi connectivity index (χ4n) is 2.49. The van der Waals surface area contributed by atoms with Gasteiger partial charge in [-0.25, -0.2) is 13.8 Å². The van der Waals surface area contributed by atoms with Crippen LogP contribution in [-0.2, 0) is 6.42 Å². The van der Waals surface area contributed by atoms with Crippen LogP contribution in [0.4, 0.5) is 8.78 Å². The number of nitrogens with one attached hydrogen (secondary N) is 1. The average Bonchev–Trinajstić information content (AvgIpc) is 3.11. The van der Waals surface area contributed by atoms with E-state index in [0.29, 0.717) is 28.4 Å². The van der Waals surface area contributed by atoms with Gasteiger partial charge in [0.05, 0.1) is 12.7 Å². The van der Waals surface area contributed by atoms with Crippen LogP contribution in [0.3, 0.4) is 0 Å². The van der Waals surface area contributed by atoms with E-state index in [1.807, 2.05) is 24.3 Å². The Bertz CT molecular complexity index is 907. The molecular weight excluding hydrogens is 358 g/mol. The molecule has 1 heterocycles. The van der Waals surface area contributed by atoms with E-state index in [1.165, 1.54) is 23.5 Å². The number of para-hydroxylation sites is 1. The molecule has 0 saturated carbocycles. The molecule has 0 saturated heterocycles. The molecule has 3 aromatic rings. The number of hydrogen-bond acceptors (Lipinski definition) is 4. The van der Waals surface area contributed by atoms with Crippen LogP contribution in [0.5, 0.6) is 5.75 Å². The number of rotatable bonds is 6. The Morgan fingerprint density at radius 2 is 1.92 bits per heavy atom. The van der Waals surface area contributed by atoms with Crippen LogP contribution in [0.25, 0.3) is 10.6 Å². The first-order chi connectivity index (χ1) is 12.6. The molecule has 134 valence electrons. The Morgan fingerprint density at radius 3 is 2.65 bits per heavy atom. The van der Waals surface area contributed by atoms with Gasteiger partial charge in [0.25, 0.3) is 5.91 Å². The summed E-state index contributed by atoms with van der Waals surface area (Å²) in [6, 6.07) is 10.7. The Morgan fingerprint density at radius 1 is 1.19 bits per heavy atom. The third-order valence-corrected chi connectivity index (χ3v) is 4.57. The molecule has 0 aliphatic heterocycles. The van der Waals surface area contributed by atoms with Gasteiger partial charge >= 0.3 is 0 Å². The topological polar surface area (TPSA) is 51.2 Å². The monoisotopic (exact) mass is 374 g/mol. The molecule has 0 atom stereocenters. The maximum absolute atomic E-state index is 13.2. The lowest BCUT2D eigenvalue weighted by molar-refractivity contribution is 0.0950. The van der Waals surface area contributed by atoms with Crippen LogP contribution < -0.4 is 10.1 Å². The minimum Gasteiger partial charge on any atom is -0.496 e. The van der Waals surface area contributed by atoms with Gasteiger partial charge in [-0.2, -0.15) is 0 Å². The van der Waals surface area contributed by atoms with Crippen molar-refractivity contribution in [2.45, 2.75) is 6.42 Å².